The van der Waals surface area contributed by atoms with Gasteiger partial charge in [0.05, 0.1) is 19.3 Å². The van der Waals surface area contributed by atoms with Crippen LogP contribution in [0.3, 0.4) is 0 Å². The number of esters is 1. The second-order valence-corrected chi connectivity index (χ2v) is 4.94. The summed E-state index contributed by atoms with van der Waals surface area (Å²) in [6.07, 6.45) is 0.979. The minimum absolute atomic E-state index is 0.233. The Kier molecular flexibility index (Phi) is 5.16. The number of hydrogen-bond donors (Lipinski definition) is 1. The summed E-state index contributed by atoms with van der Waals surface area (Å²) in [5.41, 5.74) is 2.23. The lowest BCUT2D eigenvalue weighted by atomic mass is 10.3. The highest BCUT2D eigenvalue weighted by atomic mass is 16.5. The number of nitrogens with zero attached hydrogens (tertiary/aromatic N) is 2. The molecule has 0 radical (unpaired) electrons. The van der Waals surface area contributed by atoms with E-state index in [-0.39, 0.29) is 5.76 Å². The van der Waals surface area contributed by atoms with Gasteiger partial charge >= 0.3 is 5.97 Å². The molecule has 21 heavy (non-hydrogen) atoms. The van der Waals surface area contributed by atoms with Crippen LogP contribution >= 0.6 is 0 Å². The molecule has 6 heteroatoms. The summed E-state index contributed by atoms with van der Waals surface area (Å²) in [5, 5.41) is 7.70. The van der Waals surface area contributed by atoms with Gasteiger partial charge in [0.1, 0.15) is 5.76 Å². The minimum Gasteiger partial charge on any atom is -0.463 e. The standard InChI is InChI=1S/C15H21N3O3/c1-11-9-12(2)18(17-11)8-4-7-16-10-13-5-6-14(21-13)15(19)20-3/h5-6,9,16H,4,7-8,10H2,1-3H3. The van der Waals surface area contributed by atoms with Gasteiger partial charge in [-0.2, -0.15) is 5.10 Å². The lowest BCUT2D eigenvalue weighted by molar-refractivity contribution is 0.0563. The monoisotopic (exact) mass is 291 g/mol. The molecule has 0 saturated carbocycles. The Morgan fingerprint density at radius 2 is 2.24 bits per heavy atom. The van der Waals surface area contributed by atoms with Gasteiger partial charge in [0, 0.05) is 12.2 Å². The average Bonchev–Trinajstić information content (AvgIpc) is 3.05. The summed E-state index contributed by atoms with van der Waals surface area (Å²) in [4.78, 5) is 11.2. The number of hydrogen-bond acceptors (Lipinski definition) is 5. The first-order chi connectivity index (χ1) is 10.1. The molecule has 0 saturated heterocycles. The molecule has 114 valence electrons. The van der Waals surface area contributed by atoms with Crippen molar-refractivity contribution in [1.29, 1.82) is 0 Å². The molecule has 0 unspecified atom stereocenters. The summed E-state index contributed by atoms with van der Waals surface area (Å²) in [5.74, 6) is 0.504. The van der Waals surface area contributed by atoms with Crippen molar-refractivity contribution in [2.24, 2.45) is 0 Å². The summed E-state index contributed by atoms with van der Waals surface area (Å²) in [7, 11) is 1.34. The first kappa shape index (κ1) is 15.3. The van der Waals surface area contributed by atoms with E-state index in [1.807, 2.05) is 11.6 Å². The SMILES string of the molecule is COC(=O)c1ccc(CNCCCn2nc(C)cc2C)o1. The Morgan fingerprint density at radius 1 is 1.43 bits per heavy atom. The van der Waals surface area contributed by atoms with E-state index < -0.39 is 5.97 Å². The number of carbonyl (C=O) groups is 1. The van der Waals surface area contributed by atoms with E-state index in [0.717, 1.165) is 31.0 Å². The Balaban J connectivity index is 1.69. The van der Waals surface area contributed by atoms with Gasteiger partial charge in [0.2, 0.25) is 5.76 Å². The van der Waals surface area contributed by atoms with Gasteiger partial charge in [-0.05, 0) is 45.0 Å². The molecule has 2 aromatic heterocycles. The topological polar surface area (TPSA) is 69.3 Å². The molecule has 0 amide bonds. The highest BCUT2D eigenvalue weighted by molar-refractivity contribution is 5.86. The third kappa shape index (κ3) is 4.19. The number of furan rings is 1. The van der Waals surface area contributed by atoms with Gasteiger partial charge < -0.3 is 14.5 Å². The maximum atomic E-state index is 11.2. The predicted octanol–water partition coefficient (Wildman–Crippen LogP) is 2.06. The van der Waals surface area contributed by atoms with Crippen molar-refractivity contribution in [3.8, 4) is 0 Å². The van der Waals surface area contributed by atoms with Crippen LogP contribution in [0.25, 0.3) is 0 Å². The number of methoxy groups -OCH3 is 1. The van der Waals surface area contributed by atoms with Gasteiger partial charge in [0.25, 0.3) is 0 Å². The van der Waals surface area contributed by atoms with Crippen LogP contribution in [0, 0.1) is 13.8 Å². The number of aryl methyl sites for hydroxylation is 3. The molecule has 0 aliphatic carbocycles. The van der Waals surface area contributed by atoms with Crippen molar-refractivity contribution in [1.82, 2.24) is 15.1 Å². The largest absolute Gasteiger partial charge is 0.463 e. The number of ether oxygens (including phenoxy) is 1. The summed E-state index contributed by atoms with van der Waals surface area (Å²) in [6, 6.07) is 5.48. The third-order valence-corrected chi connectivity index (χ3v) is 3.17. The molecule has 0 spiro atoms. The van der Waals surface area contributed by atoms with E-state index in [2.05, 4.69) is 28.1 Å². The van der Waals surface area contributed by atoms with Crippen molar-refractivity contribution in [2.45, 2.75) is 33.4 Å². The molecule has 0 atom stereocenters. The van der Waals surface area contributed by atoms with Crippen LogP contribution in [0.4, 0.5) is 0 Å². The van der Waals surface area contributed by atoms with Crippen molar-refractivity contribution in [3.05, 3.63) is 41.1 Å². The minimum atomic E-state index is -0.453. The summed E-state index contributed by atoms with van der Waals surface area (Å²) in [6.45, 7) is 6.39. The molecule has 0 aliphatic heterocycles. The Hall–Kier alpha value is -2.08. The van der Waals surface area contributed by atoms with Gasteiger partial charge in [-0.3, -0.25) is 4.68 Å². The Labute approximate surface area is 124 Å². The maximum absolute atomic E-state index is 11.2. The molecule has 0 aliphatic rings. The van der Waals surface area contributed by atoms with Crippen molar-refractivity contribution < 1.29 is 13.9 Å². The Bertz CT molecular complexity index is 601. The number of carbonyl (C=O) groups excluding carboxylic acids is 1. The molecule has 2 aromatic rings. The van der Waals surface area contributed by atoms with Gasteiger partial charge in [0.15, 0.2) is 0 Å². The number of nitrogens with one attached hydrogen (secondary N) is 1. The highest BCUT2D eigenvalue weighted by Crippen LogP contribution is 2.08. The van der Waals surface area contributed by atoms with E-state index in [4.69, 9.17) is 4.42 Å². The zero-order valence-electron chi connectivity index (χ0n) is 12.7. The number of rotatable bonds is 7. The lowest BCUT2D eigenvalue weighted by Crippen LogP contribution is -2.17. The maximum Gasteiger partial charge on any atom is 0.373 e. The van der Waals surface area contributed by atoms with Crippen LogP contribution in [0.15, 0.2) is 22.6 Å². The van der Waals surface area contributed by atoms with Crippen LogP contribution < -0.4 is 5.32 Å². The fraction of sp³-hybridized carbons (Fsp3) is 0.467. The quantitative estimate of drug-likeness (QED) is 0.624. The van der Waals surface area contributed by atoms with Crippen molar-refractivity contribution >= 4 is 5.97 Å². The smallest absolute Gasteiger partial charge is 0.373 e. The van der Waals surface area contributed by atoms with Crippen LogP contribution in [-0.2, 0) is 17.8 Å². The van der Waals surface area contributed by atoms with E-state index in [0.29, 0.717) is 6.54 Å². The van der Waals surface area contributed by atoms with E-state index in [1.165, 1.54) is 12.8 Å². The first-order valence-electron chi connectivity index (χ1n) is 6.99. The molecular weight excluding hydrogens is 270 g/mol. The normalized spacial score (nSPS) is 10.8. The molecule has 0 bridgehead atoms. The second-order valence-electron chi connectivity index (χ2n) is 4.94. The zero-order chi connectivity index (χ0) is 15.2. The predicted molar refractivity (Wildman–Crippen MR) is 78.1 cm³/mol. The second kappa shape index (κ2) is 7.08. The van der Waals surface area contributed by atoms with E-state index >= 15 is 0 Å². The van der Waals surface area contributed by atoms with Crippen LogP contribution in [0.1, 0.15) is 34.1 Å². The van der Waals surface area contributed by atoms with Crippen molar-refractivity contribution in [2.75, 3.05) is 13.7 Å². The molecule has 0 aromatic carbocycles. The molecule has 6 nitrogen and oxygen atoms in total. The summed E-state index contributed by atoms with van der Waals surface area (Å²) >= 11 is 0. The average molecular weight is 291 g/mol. The molecule has 1 N–H and O–H groups in total. The zero-order valence-corrected chi connectivity index (χ0v) is 12.7. The van der Waals surface area contributed by atoms with Gasteiger partial charge in [-0.25, -0.2) is 4.79 Å². The summed E-state index contributed by atoms with van der Waals surface area (Å²) < 4.78 is 12.0. The van der Waals surface area contributed by atoms with Crippen LogP contribution in [0.2, 0.25) is 0 Å². The highest BCUT2D eigenvalue weighted by Gasteiger charge is 2.10. The fourth-order valence-electron chi connectivity index (χ4n) is 2.15. The molecule has 2 rings (SSSR count). The fourth-order valence-corrected chi connectivity index (χ4v) is 2.15. The number of aromatic nitrogens is 2. The lowest BCUT2D eigenvalue weighted by Gasteiger charge is -2.05. The van der Waals surface area contributed by atoms with Gasteiger partial charge in [-0.15, -0.1) is 0 Å². The van der Waals surface area contributed by atoms with E-state index in [9.17, 15) is 4.79 Å². The Morgan fingerprint density at radius 3 is 2.90 bits per heavy atom. The molecule has 0 fully saturated rings. The first-order valence-corrected chi connectivity index (χ1v) is 6.99. The molecular formula is C15H21N3O3. The van der Waals surface area contributed by atoms with Crippen molar-refractivity contribution in [3.63, 3.8) is 0 Å². The van der Waals surface area contributed by atoms with Crippen LogP contribution in [-0.4, -0.2) is 29.4 Å². The van der Waals surface area contributed by atoms with E-state index in [1.54, 1.807) is 12.1 Å². The molecule has 2 heterocycles. The third-order valence-electron chi connectivity index (χ3n) is 3.17. The van der Waals surface area contributed by atoms with Gasteiger partial charge in [-0.1, -0.05) is 0 Å². The van der Waals surface area contributed by atoms with Crippen LogP contribution in [0.5, 0.6) is 0 Å².